The molecule has 2 aliphatic carbocycles. The van der Waals surface area contributed by atoms with Crippen molar-refractivity contribution < 1.29 is 0 Å². The monoisotopic (exact) mass is 418 g/mol. The first-order valence-electron chi connectivity index (χ1n) is 14.8. The van der Waals surface area contributed by atoms with E-state index in [4.69, 9.17) is 0 Å². The van der Waals surface area contributed by atoms with E-state index in [9.17, 15) is 0 Å². The summed E-state index contributed by atoms with van der Waals surface area (Å²) in [4.78, 5) is 0. The van der Waals surface area contributed by atoms with Gasteiger partial charge in [0.25, 0.3) is 0 Å². The predicted octanol–water partition coefficient (Wildman–Crippen LogP) is 10.7. The zero-order valence-corrected chi connectivity index (χ0v) is 21.4. The Morgan fingerprint density at radius 1 is 0.467 bits per heavy atom. The van der Waals surface area contributed by atoms with E-state index in [1.54, 1.807) is 64.2 Å². The molecule has 0 aromatic heterocycles. The van der Waals surface area contributed by atoms with Crippen LogP contribution in [0.1, 0.15) is 162 Å². The molecule has 0 aromatic carbocycles. The van der Waals surface area contributed by atoms with Gasteiger partial charge in [-0.2, -0.15) is 0 Å². The Morgan fingerprint density at radius 3 is 1.53 bits per heavy atom. The van der Waals surface area contributed by atoms with Gasteiger partial charge in [0, 0.05) is 0 Å². The maximum Gasteiger partial charge on any atom is -0.0386 e. The normalized spacial score (nSPS) is 28.5. The lowest BCUT2D eigenvalue weighted by molar-refractivity contribution is 0.172. The Bertz CT molecular complexity index is 369. The molecule has 0 heteroatoms. The van der Waals surface area contributed by atoms with E-state index in [1.165, 1.54) is 77.0 Å². The van der Waals surface area contributed by atoms with Crippen molar-refractivity contribution in [1.82, 2.24) is 0 Å². The second kappa shape index (κ2) is 16.6. The lowest BCUT2D eigenvalue weighted by Gasteiger charge is -2.35. The highest BCUT2D eigenvalue weighted by molar-refractivity contribution is 4.79. The van der Waals surface area contributed by atoms with Crippen molar-refractivity contribution in [2.75, 3.05) is 0 Å². The lowest BCUT2D eigenvalue weighted by Crippen LogP contribution is -2.22. The quantitative estimate of drug-likeness (QED) is 0.219. The summed E-state index contributed by atoms with van der Waals surface area (Å²) in [5.74, 6) is 5.37. The molecule has 0 saturated heterocycles. The first-order valence-corrected chi connectivity index (χ1v) is 14.8. The fraction of sp³-hybridized carbons (Fsp3) is 1.00. The topological polar surface area (TPSA) is 0 Å². The van der Waals surface area contributed by atoms with E-state index in [-0.39, 0.29) is 0 Å². The van der Waals surface area contributed by atoms with Crippen LogP contribution in [0.3, 0.4) is 0 Å². The molecule has 0 spiro atoms. The van der Waals surface area contributed by atoms with Crippen LogP contribution in [0.15, 0.2) is 0 Å². The van der Waals surface area contributed by atoms with E-state index in [2.05, 4.69) is 20.8 Å². The van der Waals surface area contributed by atoms with Gasteiger partial charge in [-0.3, -0.25) is 0 Å². The summed E-state index contributed by atoms with van der Waals surface area (Å²) < 4.78 is 0. The van der Waals surface area contributed by atoms with Crippen LogP contribution in [0.4, 0.5) is 0 Å². The minimum absolute atomic E-state index is 1.06. The zero-order valence-electron chi connectivity index (χ0n) is 21.4. The molecule has 30 heavy (non-hydrogen) atoms. The molecule has 0 nitrogen and oxygen atoms in total. The Hall–Kier alpha value is 0. The van der Waals surface area contributed by atoms with Crippen LogP contribution < -0.4 is 0 Å². The average molecular weight is 419 g/mol. The van der Waals surface area contributed by atoms with Crippen molar-refractivity contribution in [2.24, 2.45) is 29.6 Å². The molecule has 2 aliphatic rings. The van der Waals surface area contributed by atoms with Gasteiger partial charge in [-0.1, -0.05) is 149 Å². The van der Waals surface area contributed by atoms with Crippen LogP contribution >= 0.6 is 0 Å². The molecule has 0 aliphatic heterocycles. The van der Waals surface area contributed by atoms with Crippen molar-refractivity contribution in [1.29, 1.82) is 0 Å². The first-order chi connectivity index (χ1) is 14.8. The second-order valence-corrected chi connectivity index (χ2v) is 11.5. The van der Waals surface area contributed by atoms with Crippen molar-refractivity contribution in [3.63, 3.8) is 0 Å². The van der Waals surface area contributed by atoms with Gasteiger partial charge in [-0.05, 0) is 42.4 Å². The molecule has 0 heterocycles. The smallest absolute Gasteiger partial charge is 0.0386 e. The van der Waals surface area contributed by atoms with Gasteiger partial charge in [0.1, 0.15) is 0 Å². The van der Waals surface area contributed by atoms with Crippen LogP contribution in [0.25, 0.3) is 0 Å². The van der Waals surface area contributed by atoms with Gasteiger partial charge in [0.2, 0.25) is 0 Å². The first kappa shape index (κ1) is 26.3. The molecule has 1 atom stereocenters. The summed E-state index contributed by atoms with van der Waals surface area (Å²) in [7, 11) is 0. The largest absolute Gasteiger partial charge is 0.0654 e. The van der Waals surface area contributed by atoms with Crippen molar-refractivity contribution in [3.8, 4) is 0 Å². The molecule has 0 amide bonds. The van der Waals surface area contributed by atoms with Gasteiger partial charge in [0.05, 0.1) is 0 Å². The number of hydrogen-bond donors (Lipinski definition) is 0. The summed E-state index contributed by atoms with van der Waals surface area (Å²) in [6.45, 7) is 7.10. The molecule has 2 saturated carbocycles. The SMILES string of the molecule is CCCCCCCC1CCC(CCCC(CCC)C2CCC(CCCC)CC2)CC1. The predicted molar refractivity (Wildman–Crippen MR) is 136 cm³/mol. The molecule has 178 valence electrons. The van der Waals surface area contributed by atoms with E-state index < -0.39 is 0 Å². The van der Waals surface area contributed by atoms with Gasteiger partial charge in [-0.25, -0.2) is 0 Å². The third-order valence-electron chi connectivity index (χ3n) is 9.05. The Balaban J connectivity index is 1.57. The van der Waals surface area contributed by atoms with Crippen LogP contribution in [-0.2, 0) is 0 Å². The van der Waals surface area contributed by atoms with Crippen LogP contribution in [0, 0.1) is 29.6 Å². The van der Waals surface area contributed by atoms with Gasteiger partial charge < -0.3 is 0 Å². The average Bonchev–Trinajstić information content (AvgIpc) is 2.78. The third-order valence-corrected chi connectivity index (χ3v) is 9.05. The highest BCUT2D eigenvalue weighted by atomic mass is 14.3. The molecular formula is C30H58. The van der Waals surface area contributed by atoms with E-state index in [0.29, 0.717) is 0 Å². The van der Waals surface area contributed by atoms with E-state index >= 15 is 0 Å². The second-order valence-electron chi connectivity index (χ2n) is 11.5. The molecule has 0 bridgehead atoms. The van der Waals surface area contributed by atoms with Crippen LogP contribution in [0.2, 0.25) is 0 Å². The molecule has 0 radical (unpaired) electrons. The highest BCUT2D eigenvalue weighted by Gasteiger charge is 2.27. The summed E-state index contributed by atoms with van der Waals surface area (Å²) in [6.07, 6.45) is 33.2. The summed E-state index contributed by atoms with van der Waals surface area (Å²) in [5, 5.41) is 0. The van der Waals surface area contributed by atoms with Gasteiger partial charge >= 0.3 is 0 Å². The third kappa shape index (κ3) is 10.5. The molecule has 1 unspecified atom stereocenters. The number of rotatable bonds is 16. The molecule has 0 aromatic rings. The van der Waals surface area contributed by atoms with Crippen molar-refractivity contribution in [2.45, 2.75) is 162 Å². The Labute approximate surface area is 191 Å². The maximum absolute atomic E-state index is 2.42. The molecule has 2 rings (SSSR count). The fourth-order valence-electron chi connectivity index (χ4n) is 6.94. The van der Waals surface area contributed by atoms with Crippen molar-refractivity contribution >= 4 is 0 Å². The van der Waals surface area contributed by atoms with Crippen LogP contribution in [0.5, 0.6) is 0 Å². The van der Waals surface area contributed by atoms with Gasteiger partial charge in [-0.15, -0.1) is 0 Å². The zero-order chi connectivity index (χ0) is 21.4. The van der Waals surface area contributed by atoms with Crippen molar-refractivity contribution in [3.05, 3.63) is 0 Å². The number of unbranched alkanes of at least 4 members (excludes halogenated alkanes) is 5. The summed E-state index contributed by atoms with van der Waals surface area (Å²) in [6, 6.07) is 0. The van der Waals surface area contributed by atoms with E-state index in [1.807, 2.05) is 0 Å². The Kier molecular flexibility index (Phi) is 14.5. The maximum atomic E-state index is 2.42. The fourth-order valence-corrected chi connectivity index (χ4v) is 6.94. The minimum atomic E-state index is 1.06. The minimum Gasteiger partial charge on any atom is -0.0654 e. The highest BCUT2D eigenvalue weighted by Crippen LogP contribution is 2.40. The molecular weight excluding hydrogens is 360 g/mol. The standard InChI is InChI=1S/C30H58/c1-4-7-9-10-11-15-27-18-20-28(21-19-27)16-12-17-29(13-6-3)30-24-22-26(23-25-30)14-8-5-2/h26-30H,4-25H2,1-3H3. The summed E-state index contributed by atoms with van der Waals surface area (Å²) >= 11 is 0. The number of hydrogen-bond acceptors (Lipinski definition) is 0. The molecule has 0 N–H and O–H groups in total. The Morgan fingerprint density at radius 2 is 0.967 bits per heavy atom. The van der Waals surface area contributed by atoms with Crippen LogP contribution in [-0.4, -0.2) is 0 Å². The van der Waals surface area contributed by atoms with Gasteiger partial charge in [0.15, 0.2) is 0 Å². The van der Waals surface area contributed by atoms with E-state index in [0.717, 1.165) is 29.6 Å². The molecule has 2 fully saturated rings. The summed E-state index contributed by atoms with van der Waals surface area (Å²) in [5.41, 5.74) is 0. The lowest BCUT2D eigenvalue weighted by atomic mass is 9.71.